The van der Waals surface area contributed by atoms with Crippen LogP contribution in [0.5, 0.6) is 0 Å². The van der Waals surface area contributed by atoms with Crippen LogP contribution in [0.25, 0.3) is 0 Å². The van der Waals surface area contributed by atoms with Crippen molar-refractivity contribution in [3.8, 4) is 0 Å². The summed E-state index contributed by atoms with van der Waals surface area (Å²) in [5, 5.41) is 0. The van der Waals surface area contributed by atoms with E-state index >= 15 is 0 Å². The zero-order chi connectivity index (χ0) is 13.7. The molecule has 0 spiro atoms. The number of hydrogen-bond acceptors (Lipinski definition) is 3. The van der Waals surface area contributed by atoms with Crippen LogP contribution in [0.2, 0.25) is 0 Å². The molecule has 20 heavy (non-hydrogen) atoms. The topological polar surface area (TPSA) is 66.6 Å². The average Bonchev–Trinajstić information content (AvgIpc) is 2.48. The summed E-state index contributed by atoms with van der Waals surface area (Å²) in [5.74, 6) is 0.665. The molecule has 116 valence electrons. The van der Waals surface area contributed by atoms with E-state index in [1.165, 1.54) is 19.3 Å². The number of piperazine rings is 1. The molecule has 1 heterocycles. The van der Waals surface area contributed by atoms with E-state index in [-0.39, 0.29) is 24.2 Å². The smallest absolute Gasteiger partial charge is 0.225 e. The first-order chi connectivity index (χ1) is 9.22. The van der Waals surface area contributed by atoms with E-state index in [1.807, 2.05) is 9.80 Å². The zero-order valence-electron chi connectivity index (χ0n) is 12.1. The fraction of sp³-hybridized carbons (Fsp3) is 0.857. The maximum Gasteiger partial charge on any atom is 0.225 e. The molecule has 0 atom stereocenters. The Balaban J connectivity index is 0.00000200. The van der Waals surface area contributed by atoms with Crippen molar-refractivity contribution in [2.24, 2.45) is 11.7 Å². The molecule has 0 aromatic rings. The molecule has 1 aliphatic heterocycles. The van der Waals surface area contributed by atoms with Crippen LogP contribution in [-0.4, -0.2) is 54.3 Å². The van der Waals surface area contributed by atoms with Gasteiger partial charge < -0.3 is 15.5 Å². The molecule has 6 heteroatoms. The van der Waals surface area contributed by atoms with Gasteiger partial charge in [0.25, 0.3) is 0 Å². The monoisotopic (exact) mass is 303 g/mol. The van der Waals surface area contributed by atoms with Gasteiger partial charge in [-0.2, -0.15) is 0 Å². The largest absolute Gasteiger partial charge is 0.339 e. The molecule has 2 N–H and O–H groups in total. The summed E-state index contributed by atoms with van der Waals surface area (Å²) in [4.78, 5) is 27.9. The van der Waals surface area contributed by atoms with Crippen molar-refractivity contribution in [2.45, 2.75) is 38.5 Å². The quantitative estimate of drug-likeness (QED) is 0.846. The summed E-state index contributed by atoms with van der Waals surface area (Å²) in [6.45, 7) is 3.10. The molecule has 0 aromatic carbocycles. The summed E-state index contributed by atoms with van der Waals surface area (Å²) in [6, 6.07) is 0. The van der Waals surface area contributed by atoms with Gasteiger partial charge >= 0.3 is 0 Å². The third kappa shape index (κ3) is 4.35. The van der Waals surface area contributed by atoms with Crippen LogP contribution < -0.4 is 5.73 Å². The van der Waals surface area contributed by atoms with Crippen molar-refractivity contribution in [1.82, 2.24) is 9.80 Å². The molecule has 1 saturated carbocycles. The average molecular weight is 304 g/mol. The molecule has 0 aromatic heterocycles. The Labute approximate surface area is 127 Å². The summed E-state index contributed by atoms with van der Waals surface area (Å²) in [5.41, 5.74) is 5.40. The Morgan fingerprint density at radius 3 is 2.05 bits per heavy atom. The minimum atomic E-state index is 0. The van der Waals surface area contributed by atoms with E-state index in [0.29, 0.717) is 45.1 Å². The number of amides is 2. The fourth-order valence-corrected chi connectivity index (χ4v) is 3.07. The lowest BCUT2D eigenvalue weighted by Gasteiger charge is -2.37. The fourth-order valence-electron chi connectivity index (χ4n) is 3.07. The molecular formula is C14H26ClN3O2. The summed E-state index contributed by atoms with van der Waals surface area (Å²) in [7, 11) is 0. The molecule has 0 unspecified atom stereocenters. The lowest BCUT2D eigenvalue weighted by Crippen LogP contribution is -2.52. The zero-order valence-corrected chi connectivity index (χ0v) is 12.9. The molecule has 1 saturated heterocycles. The summed E-state index contributed by atoms with van der Waals surface area (Å²) < 4.78 is 0. The van der Waals surface area contributed by atoms with Gasteiger partial charge in [0.1, 0.15) is 0 Å². The second-order valence-electron chi connectivity index (χ2n) is 5.58. The van der Waals surface area contributed by atoms with Crippen LogP contribution in [0.4, 0.5) is 0 Å². The predicted octanol–water partition coefficient (Wildman–Crippen LogP) is 1.01. The third-order valence-corrected chi connectivity index (χ3v) is 4.26. The van der Waals surface area contributed by atoms with Crippen molar-refractivity contribution in [2.75, 3.05) is 32.7 Å². The van der Waals surface area contributed by atoms with Crippen molar-refractivity contribution in [3.05, 3.63) is 0 Å². The van der Waals surface area contributed by atoms with E-state index < -0.39 is 0 Å². The van der Waals surface area contributed by atoms with Crippen molar-refractivity contribution in [1.29, 1.82) is 0 Å². The Kier molecular flexibility index (Phi) is 7.30. The Morgan fingerprint density at radius 1 is 0.950 bits per heavy atom. The summed E-state index contributed by atoms with van der Waals surface area (Å²) >= 11 is 0. The van der Waals surface area contributed by atoms with E-state index in [0.717, 1.165) is 12.8 Å². The van der Waals surface area contributed by atoms with Gasteiger partial charge in [0.2, 0.25) is 11.8 Å². The van der Waals surface area contributed by atoms with Crippen LogP contribution in [-0.2, 0) is 9.59 Å². The highest BCUT2D eigenvalue weighted by Crippen LogP contribution is 2.25. The number of rotatable bonds is 3. The van der Waals surface area contributed by atoms with Crippen LogP contribution in [0.3, 0.4) is 0 Å². The van der Waals surface area contributed by atoms with Gasteiger partial charge in [-0.3, -0.25) is 9.59 Å². The van der Waals surface area contributed by atoms with Gasteiger partial charge in [0, 0.05) is 45.1 Å². The molecule has 5 nitrogen and oxygen atoms in total. The van der Waals surface area contributed by atoms with Crippen LogP contribution >= 0.6 is 12.4 Å². The van der Waals surface area contributed by atoms with Crippen molar-refractivity contribution < 1.29 is 9.59 Å². The standard InChI is InChI=1S/C14H25N3O2.ClH/c15-7-6-13(18)16-8-10-17(11-9-16)14(19)12-4-2-1-3-5-12;/h12H,1-11,15H2;1H. The predicted molar refractivity (Wildman–Crippen MR) is 80.7 cm³/mol. The van der Waals surface area contributed by atoms with Gasteiger partial charge in [0.05, 0.1) is 0 Å². The van der Waals surface area contributed by atoms with Crippen molar-refractivity contribution >= 4 is 24.2 Å². The van der Waals surface area contributed by atoms with Crippen molar-refractivity contribution in [3.63, 3.8) is 0 Å². The minimum Gasteiger partial charge on any atom is -0.339 e. The number of halogens is 1. The number of carbonyl (C=O) groups excluding carboxylic acids is 2. The first-order valence-electron chi connectivity index (χ1n) is 7.49. The lowest BCUT2D eigenvalue weighted by atomic mass is 9.88. The van der Waals surface area contributed by atoms with E-state index in [4.69, 9.17) is 5.73 Å². The Morgan fingerprint density at radius 2 is 1.50 bits per heavy atom. The van der Waals surface area contributed by atoms with E-state index in [9.17, 15) is 9.59 Å². The van der Waals surface area contributed by atoms with Gasteiger partial charge in [-0.1, -0.05) is 19.3 Å². The van der Waals surface area contributed by atoms with Gasteiger partial charge in [-0.25, -0.2) is 0 Å². The van der Waals surface area contributed by atoms with Gasteiger partial charge in [0.15, 0.2) is 0 Å². The second kappa shape index (κ2) is 8.47. The van der Waals surface area contributed by atoms with Crippen LogP contribution in [0.15, 0.2) is 0 Å². The lowest BCUT2D eigenvalue weighted by molar-refractivity contribution is -0.142. The normalized spacial score (nSPS) is 20.4. The molecule has 2 rings (SSSR count). The Bertz CT molecular complexity index is 324. The van der Waals surface area contributed by atoms with Crippen LogP contribution in [0.1, 0.15) is 38.5 Å². The number of nitrogens with zero attached hydrogens (tertiary/aromatic N) is 2. The molecule has 2 amide bonds. The molecule has 1 aliphatic carbocycles. The molecule has 2 aliphatic rings. The second-order valence-corrected chi connectivity index (χ2v) is 5.58. The number of nitrogens with two attached hydrogens (primary N) is 1. The summed E-state index contributed by atoms with van der Waals surface area (Å²) in [6.07, 6.45) is 6.15. The third-order valence-electron chi connectivity index (χ3n) is 4.26. The first-order valence-corrected chi connectivity index (χ1v) is 7.49. The van der Waals surface area contributed by atoms with E-state index in [2.05, 4.69) is 0 Å². The molecule has 0 radical (unpaired) electrons. The highest BCUT2D eigenvalue weighted by Gasteiger charge is 2.29. The first kappa shape index (κ1) is 17.2. The maximum atomic E-state index is 12.4. The van der Waals surface area contributed by atoms with E-state index in [1.54, 1.807) is 0 Å². The highest BCUT2D eigenvalue weighted by molar-refractivity contribution is 5.85. The number of hydrogen-bond donors (Lipinski definition) is 1. The molecular weight excluding hydrogens is 278 g/mol. The Hall–Kier alpha value is -0.810. The van der Waals surface area contributed by atoms with Crippen LogP contribution in [0, 0.1) is 5.92 Å². The van der Waals surface area contributed by atoms with Gasteiger partial charge in [-0.15, -0.1) is 12.4 Å². The maximum absolute atomic E-state index is 12.4. The SMILES string of the molecule is Cl.NCCC(=O)N1CCN(C(=O)C2CCCCC2)CC1. The van der Waals surface area contributed by atoms with Gasteiger partial charge in [-0.05, 0) is 12.8 Å². The highest BCUT2D eigenvalue weighted by atomic mass is 35.5. The number of carbonyl (C=O) groups is 2. The minimum absolute atomic E-state index is 0. The molecule has 0 bridgehead atoms. The molecule has 2 fully saturated rings.